The molecule has 0 unspecified atom stereocenters. The van der Waals surface area contributed by atoms with Gasteiger partial charge in [-0.2, -0.15) is 0 Å². The minimum absolute atomic E-state index is 0.101. The van der Waals surface area contributed by atoms with Gasteiger partial charge in [0.25, 0.3) is 0 Å². The SMILES string of the molecule is CO[C@]12C/C(C)=C\CC[C@]3(C)[C@@H](CC1=C(C)C(=O)O2)[C@]1(C)CC[C@H]3O1. The fraction of sp³-hybridized carbons (Fsp3) is 0.762. The van der Waals surface area contributed by atoms with E-state index in [9.17, 15) is 4.79 Å². The van der Waals surface area contributed by atoms with Crippen LogP contribution in [0.2, 0.25) is 0 Å². The molecule has 0 spiro atoms. The second-order valence-corrected chi connectivity index (χ2v) is 8.94. The van der Waals surface area contributed by atoms with Crippen LogP contribution in [0.15, 0.2) is 22.8 Å². The molecule has 0 aromatic rings. The monoisotopic (exact) mass is 346 g/mol. The van der Waals surface area contributed by atoms with Crippen molar-refractivity contribution in [3.05, 3.63) is 22.8 Å². The van der Waals surface area contributed by atoms with Gasteiger partial charge in [-0.1, -0.05) is 18.6 Å². The minimum atomic E-state index is -0.932. The highest BCUT2D eigenvalue weighted by molar-refractivity contribution is 5.92. The zero-order chi connectivity index (χ0) is 18.0. The van der Waals surface area contributed by atoms with Crippen molar-refractivity contribution < 1.29 is 19.0 Å². The normalized spacial score (nSPS) is 48.7. The summed E-state index contributed by atoms with van der Waals surface area (Å²) in [5, 5.41) is 0. The number of hydrogen-bond acceptors (Lipinski definition) is 4. The third-order valence-electron chi connectivity index (χ3n) is 7.48. The van der Waals surface area contributed by atoms with Gasteiger partial charge in [-0.3, -0.25) is 0 Å². The van der Waals surface area contributed by atoms with Crippen LogP contribution in [-0.4, -0.2) is 30.6 Å². The zero-order valence-corrected chi connectivity index (χ0v) is 16.1. The van der Waals surface area contributed by atoms with Crippen molar-refractivity contribution >= 4 is 5.97 Å². The van der Waals surface area contributed by atoms with Gasteiger partial charge in [0.15, 0.2) is 0 Å². The van der Waals surface area contributed by atoms with Crippen LogP contribution in [-0.2, 0) is 19.0 Å². The topological polar surface area (TPSA) is 44.8 Å². The highest BCUT2D eigenvalue weighted by atomic mass is 16.7. The van der Waals surface area contributed by atoms with E-state index in [4.69, 9.17) is 14.2 Å². The summed E-state index contributed by atoms with van der Waals surface area (Å²) in [7, 11) is 1.66. The Morgan fingerprint density at radius 2 is 2.00 bits per heavy atom. The van der Waals surface area contributed by atoms with Crippen LogP contribution in [0.5, 0.6) is 0 Å². The third kappa shape index (κ3) is 2.30. The predicted octanol–water partition coefficient (Wildman–Crippen LogP) is 4.30. The van der Waals surface area contributed by atoms with Crippen molar-refractivity contribution in [3.63, 3.8) is 0 Å². The lowest BCUT2D eigenvalue weighted by Gasteiger charge is -2.44. The van der Waals surface area contributed by atoms with E-state index >= 15 is 0 Å². The molecule has 4 rings (SSSR count). The molecule has 2 saturated heterocycles. The minimum Gasteiger partial charge on any atom is -0.425 e. The Morgan fingerprint density at radius 1 is 1.24 bits per heavy atom. The fourth-order valence-electron chi connectivity index (χ4n) is 5.95. The first-order valence-corrected chi connectivity index (χ1v) is 9.56. The van der Waals surface area contributed by atoms with Crippen LogP contribution >= 0.6 is 0 Å². The van der Waals surface area contributed by atoms with Gasteiger partial charge in [0, 0.05) is 24.7 Å². The summed E-state index contributed by atoms with van der Waals surface area (Å²) in [6, 6.07) is 0. The molecule has 25 heavy (non-hydrogen) atoms. The van der Waals surface area contributed by atoms with Gasteiger partial charge in [-0.05, 0) is 64.2 Å². The Bertz CT molecular complexity index is 677. The Balaban J connectivity index is 1.83. The van der Waals surface area contributed by atoms with Crippen molar-refractivity contribution in [1.82, 2.24) is 0 Å². The maximum atomic E-state index is 12.4. The number of esters is 1. The number of allylic oxidation sites excluding steroid dienone is 1. The van der Waals surface area contributed by atoms with Crippen molar-refractivity contribution in [2.45, 2.75) is 83.7 Å². The Morgan fingerprint density at radius 3 is 2.72 bits per heavy atom. The Labute approximate surface area is 150 Å². The molecule has 4 heteroatoms. The summed E-state index contributed by atoms with van der Waals surface area (Å²) in [5.41, 5.74) is 3.02. The van der Waals surface area contributed by atoms with Crippen LogP contribution in [0.3, 0.4) is 0 Å². The highest BCUT2D eigenvalue weighted by Crippen LogP contribution is 2.62. The maximum absolute atomic E-state index is 12.4. The molecular formula is C21H30O4. The number of carbonyl (C=O) groups excluding carboxylic acids is 1. The third-order valence-corrected chi connectivity index (χ3v) is 7.48. The fourth-order valence-corrected chi connectivity index (χ4v) is 5.95. The van der Waals surface area contributed by atoms with E-state index in [1.807, 2.05) is 6.92 Å². The first kappa shape index (κ1) is 17.3. The molecule has 2 bridgehead atoms. The molecule has 5 atom stereocenters. The lowest BCUT2D eigenvalue weighted by atomic mass is 9.58. The van der Waals surface area contributed by atoms with E-state index in [1.165, 1.54) is 5.57 Å². The molecule has 4 nitrogen and oxygen atoms in total. The predicted molar refractivity (Wildman–Crippen MR) is 94.9 cm³/mol. The van der Waals surface area contributed by atoms with Gasteiger partial charge in [0.05, 0.1) is 11.7 Å². The molecule has 0 radical (unpaired) electrons. The maximum Gasteiger partial charge on any atom is 0.336 e. The van der Waals surface area contributed by atoms with E-state index in [1.54, 1.807) is 7.11 Å². The molecule has 0 aromatic carbocycles. The molecule has 0 aromatic heterocycles. The zero-order valence-electron chi connectivity index (χ0n) is 16.1. The second kappa shape index (κ2) is 5.43. The number of ether oxygens (including phenoxy) is 3. The molecule has 1 aliphatic carbocycles. The van der Waals surface area contributed by atoms with Gasteiger partial charge >= 0.3 is 5.97 Å². The largest absolute Gasteiger partial charge is 0.425 e. The van der Waals surface area contributed by atoms with Gasteiger partial charge in [0.1, 0.15) is 0 Å². The summed E-state index contributed by atoms with van der Waals surface area (Å²) in [6.45, 7) is 8.65. The number of fused-ring (bicyclic) bond motifs is 6. The van der Waals surface area contributed by atoms with Crippen molar-refractivity contribution in [3.8, 4) is 0 Å². The smallest absolute Gasteiger partial charge is 0.336 e. The Hall–Kier alpha value is -1.13. The standard InChI is InChI=1S/C21H30O4/c1-13-7-6-9-19(3)16(20(4)10-8-17(19)24-20)11-15-14(2)18(22)25-21(15,12-13)23-5/h7,16-17H,6,8-12H2,1-5H3/b13-7-/t16-,17-,19-,20+,21+/m1/s1. The summed E-state index contributed by atoms with van der Waals surface area (Å²) >= 11 is 0. The quantitative estimate of drug-likeness (QED) is 0.525. The average molecular weight is 346 g/mol. The molecule has 138 valence electrons. The van der Waals surface area contributed by atoms with Gasteiger partial charge < -0.3 is 14.2 Å². The first-order chi connectivity index (χ1) is 11.7. The van der Waals surface area contributed by atoms with Gasteiger partial charge in [-0.15, -0.1) is 0 Å². The van der Waals surface area contributed by atoms with Crippen LogP contribution in [0.1, 0.15) is 66.2 Å². The van der Waals surface area contributed by atoms with E-state index in [2.05, 4.69) is 26.8 Å². The van der Waals surface area contributed by atoms with Gasteiger partial charge in [-0.25, -0.2) is 4.79 Å². The van der Waals surface area contributed by atoms with Crippen LogP contribution in [0.4, 0.5) is 0 Å². The highest BCUT2D eigenvalue weighted by Gasteiger charge is 2.63. The molecule has 0 saturated carbocycles. The summed E-state index contributed by atoms with van der Waals surface area (Å²) in [5.74, 6) is -0.780. The number of rotatable bonds is 1. The van der Waals surface area contributed by atoms with Crippen LogP contribution in [0.25, 0.3) is 0 Å². The van der Waals surface area contributed by atoms with Crippen LogP contribution < -0.4 is 0 Å². The molecule has 3 heterocycles. The molecule has 0 amide bonds. The van der Waals surface area contributed by atoms with E-state index < -0.39 is 5.79 Å². The van der Waals surface area contributed by atoms with E-state index in [-0.39, 0.29) is 17.0 Å². The molecule has 2 fully saturated rings. The van der Waals surface area contributed by atoms with Crippen molar-refractivity contribution in [2.24, 2.45) is 11.3 Å². The molecule has 0 N–H and O–H groups in total. The summed E-state index contributed by atoms with van der Waals surface area (Å²) < 4.78 is 18.1. The lowest BCUT2D eigenvalue weighted by Crippen LogP contribution is -2.45. The molecular weight excluding hydrogens is 316 g/mol. The average Bonchev–Trinajstić information content (AvgIpc) is 3.12. The van der Waals surface area contributed by atoms with Crippen molar-refractivity contribution in [1.29, 1.82) is 0 Å². The Kier molecular flexibility index (Phi) is 3.76. The molecule has 3 aliphatic heterocycles. The number of carbonyl (C=O) groups is 1. The summed E-state index contributed by atoms with van der Waals surface area (Å²) in [6.07, 6.45) is 8.49. The van der Waals surface area contributed by atoms with E-state index in [0.29, 0.717) is 18.4 Å². The number of methoxy groups -OCH3 is 1. The van der Waals surface area contributed by atoms with Crippen LogP contribution in [0, 0.1) is 11.3 Å². The first-order valence-electron chi connectivity index (χ1n) is 9.56. The lowest BCUT2D eigenvalue weighted by molar-refractivity contribution is -0.193. The van der Waals surface area contributed by atoms with Crippen molar-refractivity contribution in [2.75, 3.05) is 7.11 Å². The second-order valence-electron chi connectivity index (χ2n) is 8.94. The van der Waals surface area contributed by atoms with Gasteiger partial charge in [0.2, 0.25) is 5.79 Å². The summed E-state index contributed by atoms with van der Waals surface area (Å²) in [4.78, 5) is 12.4. The van der Waals surface area contributed by atoms with E-state index in [0.717, 1.165) is 43.3 Å². The molecule has 4 aliphatic rings. The number of hydrogen-bond donors (Lipinski definition) is 0.